The Labute approximate surface area is 80.8 Å². The van der Waals surface area contributed by atoms with Crippen molar-refractivity contribution in [3.63, 3.8) is 0 Å². The van der Waals surface area contributed by atoms with Crippen molar-refractivity contribution in [2.24, 2.45) is 17.3 Å². The fourth-order valence-electron chi connectivity index (χ4n) is 2.75. The molecule has 2 rings (SSSR count). The van der Waals surface area contributed by atoms with Crippen LogP contribution in [0.25, 0.3) is 0 Å². The van der Waals surface area contributed by atoms with Crippen LogP contribution in [0.1, 0.15) is 33.6 Å². The molecule has 2 aliphatic rings. The largest absolute Gasteiger partial charge is 0.360 e. The summed E-state index contributed by atoms with van der Waals surface area (Å²) < 4.78 is 0. The van der Waals surface area contributed by atoms with E-state index in [2.05, 4.69) is 25.7 Å². The van der Waals surface area contributed by atoms with Gasteiger partial charge in [-0.05, 0) is 23.7 Å². The molecular weight excluding hydrogens is 160 g/mol. The Morgan fingerprint density at radius 1 is 1.38 bits per heavy atom. The second-order valence-corrected chi connectivity index (χ2v) is 5.14. The minimum Gasteiger partial charge on any atom is -0.360 e. The summed E-state index contributed by atoms with van der Waals surface area (Å²) in [7, 11) is 0. The molecule has 1 aliphatic heterocycles. The monoisotopic (exact) mass is 180 g/mol. The Hall–Kier alpha value is -0.530. The highest BCUT2D eigenvalue weighted by molar-refractivity contribution is 5.79. The molecule has 1 N–H and O–H groups in total. The second kappa shape index (κ2) is 2.73. The molecule has 2 fully saturated rings. The topological polar surface area (TPSA) is 27.1 Å². The van der Waals surface area contributed by atoms with Gasteiger partial charge in [-0.25, -0.2) is 0 Å². The van der Waals surface area contributed by atoms with Crippen LogP contribution in [-0.2, 0) is 0 Å². The molecule has 1 saturated heterocycles. The molecule has 0 bridgehead atoms. The Morgan fingerprint density at radius 2 is 1.92 bits per heavy atom. The van der Waals surface area contributed by atoms with Crippen LogP contribution in [0.4, 0.5) is 0 Å². The van der Waals surface area contributed by atoms with E-state index in [1.54, 1.807) is 0 Å². The van der Waals surface area contributed by atoms with Crippen LogP contribution >= 0.6 is 0 Å². The van der Waals surface area contributed by atoms with Crippen molar-refractivity contribution < 1.29 is 0 Å². The van der Waals surface area contributed by atoms with Crippen LogP contribution in [0.5, 0.6) is 0 Å². The van der Waals surface area contributed by atoms with Gasteiger partial charge in [-0.2, -0.15) is 0 Å². The highest BCUT2D eigenvalue weighted by Gasteiger charge is 2.62. The molecule has 0 aromatic rings. The summed E-state index contributed by atoms with van der Waals surface area (Å²) in [6, 6.07) is 0. The van der Waals surface area contributed by atoms with Gasteiger partial charge in [0.05, 0.1) is 5.84 Å². The number of fused-ring (bicyclic) bond motifs is 1. The molecule has 0 aromatic heterocycles. The minimum absolute atomic E-state index is 0.586. The average Bonchev–Trinajstić information content (AvgIpc) is 2.53. The summed E-state index contributed by atoms with van der Waals surface area (Å²) >= 11 is 0. The Kier molecular flexibility index (Phi) is 1.90. The molecule has 0 aromatic carbocycles. The van der Waals surface area contributed by atoms with Gasteiger partial charge in [0.1, 0.15) is 0 Å². The Morgan fingerprint density at radius 3 is 2.38 bits per heavy atom. The van der Waals surface area contributed by atoms with Crippen LogP contribution in [0.3, 0.4) is 0 Å². The van der Waals surface area contributed by atoms with E-state index in [0.717, 1.165) is 43.6 Å². The predicted molar refractivity (Wildman–Crippen MR) is 55.0 cm³/mol. The average molecular weight is 180 g/mol. The summed E-state index contributed by atoms with van der Waals surface area (Å²) in [5.74, 6) is 2.62. The first-order valence-corrected chi connectivity index (χ1v) is 5.39. The second-order valence-electron chi connectivity index (χ2n) is 5.14. The SMILES string of the molecule is CCCC(=N)N1CC2C(C1)C2(C)C. The lowest BCUT2D eigenvalue weighted by Gasteiger charge is -2.24. The number of nitrogens with one attached hydrogen (secondary N) is 1. The number of rotatable bonds is 2. The third kappa shape index (κ3) is 1.27. The van der Waals surface area contributed by atoms with Gasteiger partial charge in [0.15, 0.2) is 0 Å². The van der Waals surface area contributed by atoms with E-state index in [9.17, 15) is 0 Å². The third-order valence-electron chi connectivity index (χ3n) is 3.99. The molecule has 1 aliphatic carbocycles. The zero-order chi connectivity index (χ0) is 9.64. The number of hydrogen-bond donors (Lipinski definition) is 1. The highest BCUT2D eigenvalue weighted by Crippen LogP contribution is 2.61. The lowest BCUT2D eigenvalue weighted by Crippen LogP contribution is -2.32. The molecule has 2 nitrogen and oxygen atoms in total. The standard InChI is InChI=1S/C11H20N2/c1-4-5-10(12)13-6-8-9(7-13)11(8,2)3/h8-9,12H,4-7H2,1-3H3. The van der Waals surface area contributed by atoms with E-state index < -0.39 is 0 Å². The fraction of sp³-hybridized carbons (Fsp3) is 0.909. The molecular formula is C11H20N2. The normalized spacial score (nSPS) is 34.5. The van der Waals surface area contributed by atoms with E-state index in [1.165, 1.54) is 0 Å². The molecule has 1 heterocycles. The lowest BCUT2D eigenvalue weighted by molar-refractivity contribution is 0.355. The molecule has 13 heavy (non-hydrogen) atoms. The number of piperidine rings is 1. The lowest BCUT2D eigenvalue weighted by atomic mass is 10.1. The molecule has 2 atom stereocenters. The van der Waals surface area contributed by atoms with Crippen LogP contribution in [0.2, 0.25) is 0 Å². The highest BCUT2D eigenvalue weighted by atomic mass is 15.2. The molecule has 0 amide bonds. The number of nitrogens with zero attached hydrogens (tertiary/aromatic N) is 1. The smallest absolute Gasteiger partial charge is 0.0957 e. The van der Waals surface area contributed by atoms with Gasteiger partial charge in [-0.1, -0.05) is 20.8 Å². The van der Waals surface area contributed by atoms with E-state index in [-0.39, 0.29) is 0 Å². The maximum Gasteiger partial charge on any atom is 0.0957 e. The van der Waals surface area contributed by atoms with Crippen molar-refractivity contribution in [3.8, 4) is 0 Å². The van der Waals surface area contributed by atoms with E-state index in [4.69, 9.17) is 5.41 Å². The molecule has 2 unspecified atom stereocenters. The van der Waals surface area contributed by atoms with Crippen molar-refractivity contribution >= 4 is 5.84 Å². The zero-order valence-electron chi connectivity index (χ0n) is 8.93. The van der Waals surface area contributed by atoms with Gasteiger partial charge >= 0.3 is 0 Å². The number of amidine groups is 1. The molecule has 2 heteroatoms. The van der Waals surface area contributed by atoms with Gasteiger partial charge in [0.2, 0.25) is 0 Å². The van der Waals surface area contributed by atoms with Crippen LogP contribution < -0.4 is 0 Å². The van der Waals surface area contributed by atoms with Gasteiger partial charge in [0, 0.05) is 19.5 Å². The summed E-state index contributed by atoms with van der Waals surface area (Å²) in [6.07, 6.45) is 2.06. The summed E-state index contributed by atoms with van der Waals surface area (Å²) in [4.78, 5) is 2.28. The van der Waals surface area contributed by atoms with Crippen molar-refractivity contribution in [1.29, 1.82) is 5.41 Å². The maximum atomic E-state index is 7.85. The Balaban J connectivity index is 1.87. The predicted octanol–water partition coefficient (Wildman–Crippen LogP) is 2.35. The van der Waals surface area contributed by atoms with E-state index in [1.807, 2.05) is 0 Å². The van der Waals surface area contributed by atoms with Crippen molar-refractivity contribution in [2.75, 3.05) is 13.1 Å². The van der Waals surface area contributed by atoms with Gasteiger partial charge in [0.25, 0.3) is 0 Å². The van der Waals surface area contributed by atoms with Crippen LogP contribution in [-0.4, -0.2) is 23.8 Å². The third-order valence-corrected chi connectivity index (χ3v) is 3.99. The molecule has 1 saturated carbocycles. The minimum atomic E-state index is 0.586. The molecule has 0 radical (unpaired) electrons. The molecule has 74 valence electrons. The molecule has 0 spiro atoms. The fourth-order valence-corrected chi connectivity index (χ4v) is 2.75. The Bertz CT molecular complexity index is 218. The van der Waals surface area contributed by atoms with Crippen LogP contribution in [0, 0.1) is 22.7 Å². The summed E-state index contributed by atoms with van der Waals surface area (Å²) in [6.45, 7) is 9.18. The zero-order valence-corrected chi connectivity index (χ0v) is 8.93. The first-order valence-electron chi connectivity index (χ1n) is 5.39. The van der Waals surface area contributed by atoms with Gasteiger partial charge < -0.3 is 4.90 Å². The summed E-state index contributed by atoms with van der Waals surface area (Å²) in [5, 5.41) is 7.85. The number of hydrogen-bond acceptors (Lipinski definition) is 1. The van der Waals surface area contributed by atoms with E-state index >= 15 is 0 Å². The quantitative estimate of drug-likeness (QED) is 0.512. The van der Waals surface area contributed by atoms with Crippen molar-refractivity contribution in [1.82, 2.24) is 4.90 Å². The van der Waals surface area contributed by atoms with Gasteiger partial charge in [-0.3, -0.25) is 5.41 Å². The van der Waals surface area contributed by atoms with Crippen molar-refractivity contribution in [3.05, 3.63) is 0 Å². The van der Waals surface area contributed by atoms with Crippen LogP contribution in [0.15, 0.2) is 0 Å². The van der Waals surface area contributed by atoms with Crippen molar-refractivity contribution in [2.45, 2.75) is 33.6 Å². The first-order chi connectivity index (χ1) is 6.07. The first kappa shape index (κ1) is 9.04. The van der Waals surface area contributed by atoms with E-state index in [0.29, 0.717) is 5.41 Å². The summed E-state index contributed by atoms with van der Waals surface area (Å²) in [5.41, 5.74) is 0.586. The number of likely N-dealkylation sites (tertiary alicyclic amines) is 1. The van der Waals surface area contributed by atoms with Gasteiger partial charge in [-0.15, -0.1) is 0 Å². The maximum absolute atomic E-state index is 7.85.